The van der Waals surface area contributed by atoms with E-state index in [4.69, 9.17) is 5.11 Å². The average Bonchev–Trinajstić information content (AvgIpc) is 2.19. The molecule has 1 aromatic carbocycles. The van der Waals surface area contributed by atoms with Crippen molar-refractivity contribution in [3.8, 4) is 5.75 Å². The SMILES string of the molecule is CC(CNC(C)C)Cc1ccc(O)cc1. The van der Waals surface area contributed by atoms with E-state index in [1.165, 1.54) is 5.56 Å². The zero-order chi connectivity index (χ0) is 11.3. The molecule has 1 aromatic rings. The largest absolute Gasteiger partial charge is 0.508 e. The van der Waals surface area contributed by atoms with E-state index < -0.39 is 0 Å². The van der Waals surface area contributed by atoms with Gasteiger partial charge in [-0.3, -0.25) is 0 Å². The number of hydrogen-bond donors (Lipinski definition) is 2. The lowest BCUT2D eigenvalue weighted by Gasteiger charge is -2.14. The van der Waals surface area contributed by atoms with Gasteiger partial charge in [0.15, 0.2) is 0 Å². The number of benzene rings is 1. The highest BCUT2D eigenvalue weighted by Gasteiger charge is 2.04. The lowest BCUT2D eigenvalue weighted by molar-refractivity contribution is 0.470. The van der Waals surface area contributed by atoms with Crippen LogP contribution in [0.2, 0.25) is 0 Å². The maximum atomic E-state index is 9.15. The van der Waals surface area contributed by atoms with Crippen LogP contribution in [0, 0.1) is 5.92 Å². The predicted octanol–water partition coefficient (Wildman–Crippen LogP) is 2.57. The van der Waals surface area contributed by atoms with Gasteiger partial charge in [0.25, 0.3) is 0 Å². The summed E-state index contributed by atoms with van der Waals surface area (Å²) < 4.78 is 0. The Morgan fingerprint density at radius 2 is 1.73 bits per heavy atom. The van der Waals surface area contributed by atoms with E-state index in [-0.39, 0.29) is 0 Å². The first-order chi connectivity index (χ1) is 7.08. The molecule has 0 saturated heterocycles. The van der Waals surface area contributed by atoms with Crippen molar-refractivity contribution in [3.05, 3.63) is 29.8 Å². The van der Waals surface area contributed by atoms with Gasteiger partial charge in [-0.15, -0.1) is 0 Å². The van der Waals surface area contributed by atoms with Crippen molar-refractivity contribution in [1.82, 2.24) is 5.32 Å². The molecule has 0 aromatic heterocycles. The van der Waals surface area contributed by atoms with E-state index in [1.807, 2.05) is 12.1 Å². The van der Waals surface area contributed by atoms with E-state index in [9.17, 15) is 0 Å². The summed E-state index contributed by atoms with van der Waals surface area (Å²) in [5.41, 5.74) is 1.28. The Morgan fingerprint density at radius 3 is 2.27 bits per heavy atom. The Hall–Kier alpha value is -1.02. The molecule has 1 rings (SSSR count). The van der Waals surface area contributed by atoms with Crippen molar-refractivity contribution in [1.29, 1.82) is 0 Å². The first kappa shape index (κ1) is 12.1. The second-order valence-electron chi connectivity index (χ2n) is 4.54. The third-order valence-electron chi connectivity index (χ3n) is 2.40. The van der Waals surface area contributed by atoms with Crippen LogP contribution in [0.1, 0.15) is 26.3 Å². The molecule has 0 aliphatic carbocycles. The average molecular weight is 207 g/mol. The van der Waals surface area contributed by atoms with Crippen LogP contribution in [-0.4, -0.2) is 17.7 Å². The molecule has 0 fully saturated rings. The zero-order valence-electron chi connectivity index (χ0n) is 9.83. The molecule has 0 spiro atoms. The fourth-order valence-corrected chi connectivity index (χ4v) is 1.54. The smallest absolute Gasteiger partial charge is 0.115 e. The molecule has 0 aliphatic heterocycles. The van der Waals surface area contributed by atoms with Crippen LogP contribution in [0.15, 0.2) is 24.3 Å². The van der Waals surface area contributed by atoms with Crippen LogP contribution in [0.3, 0.4) is 0 Å². The van der Waals surface area contributed by atoms with Crippen molar-refractivity contribution in [2.75, 3.05) is 6.54 Å². The molecule has 2 heteroatoms. The number of phenols is 1. The van der Waals surface area contributed by atoms with Crippen molar-refractivity contribution < 1.29 is 5.11 Å². The Labute approximate surface area is 92.3 Å². The van der Waals surface area contributed by atoms with Crippen molar-refractivity contribution >= 4 is 0 Å². The van der Waals surface area contributed by atoms with Gasteiger partial charge < -0.3 is 10.4 Å². The molecule has 0 saturated carbocycles. The Morgan fingerprint density at radius 1 is 1.13 bits per heavy atom. The van der Waals surface area contributed by atoms with Crippen LogP contribution < -0.4 is 5.32 Å². The van der Waals surface area contributed by atoms with Gasteiger partial charge in [0.05, 0.1) is 0 Å². The summed E-state index contributed by atoms with van der Waals surface area (Å²) in [5.74, 6) is 0.962. The van der Waals surface area contributed by atoms with Crippen LogP contribution in [-0.2, 0) is 6.42 Å². The maximum Gasteiger partial charge on any atom is 0.115 e. The summed E-state index contributed by atoms with van der Waals surface area (Å²) in [4.78, 5) is 0. The van der Waals surface area contributed by atoms with Crippen molar-refractivity contribution in [3.63, 3.8) is 0 Å². The summed E-state index contributed by atoms with van der Waals surface area (Å²) in [6.45, 7) is 7.60. The van der Waals surface area contributed by atoms with Gasteiger partial charge in [-0.25, -0.2) is 0 Å². The lowest BCUT2D eigenvalue weighted by atomic mass is 10.0. The molecule has 0 bridgehead atoms. The topological polar surface area (TPSA) is 32.3 Å². The number of phenolic OH excluding ortho intramolecular Hbond substituents is 1. The van der Waals surface area contributed by atoms with E-state index in [2.05, 4.69) is 26.1 Å². The van der Waals surface area contributed by atoms with Crippen LogP contribution in [0.5, 0.6) is 5.75 Å². The van der Waals surface area contributed by atoms with Crippen LogP contribution in [0.4, 0.5) is 0 Å². The third kappa shape index (κ3) is 4.84. The van der Waals surface area contributed by atoms with Crippen LogP contribution >= 0.6 is 0 Å². The molecule has 0 aliphatic rings. The number of nitrogens with one attached hydrogen (secondary N) is 1. The first-order valence-electron chi connectivity index (χ1n) is 5.59. The monoisotopic (exact) mass is 207 g/mol. The fourth-order valence-electron chi connectivity index (χ4n) is 1.54. The summed E-state index contributed by atoms with van der Waals surface area (Å²) in [6, 6.07) is 8.02. The van der Waals surface area contributed by atoms with Crippen molar-refractivity contribution in [2.45, 2.75) is 33.2 Å². The van der Waals surface area contributed by atoms with Crippen molar-refractivity contribution in [2.24, 2.45) is 5.92 Å². The standard InChI is InChI=1S/C13H21NO/c1-10(2)14-9-11(3)8-12-4-6-13(15)7-5-12/h4-7,10-11,14-15H,8-9H2,1-3H3. The second-order valence-corrected chi connectivity index (χ2v) is 4.54. The second kappa shape index (κ2) is 5.76. The predicted molar refractivity (Wildman–Crippen MR) is 64.1 cm³/mol. The highest BCUT2D eigenvalue weighted by atomic mass is 16.3. The minimum atomic E-state index is 0.340. The molecule has 0 amide bonds. The van der Waals surface area contributed by atoms with Gasteiger partial charge in [-0.2, -0.15) is 0 Å². The zero-order valence-corrected chi connectivity index (χ0v) is 9.83. The highest BCUT2D eigenvalue weighted by molar-refractivity contribution is 5.26. The molecule has 0 heterocycles. The Balaban J connectivity index is 2.37. The summed E-state index contributed by atoms with van der Waals surface area (Å²) in [6.07, 6.45) is 1.06. The van der Waals surface area contributed by atoms with E-state index in [0.717, 1.165) is 13.0 Å². The summed E-state index contributed by atoms with van der Waals surface area (Å²) in [7, 11) is 0. The Bertz CT molecular complexity index is 279. The minimum absolute atomic E-state index is 0.340. The molecule has 0 radical (unpaired) electrons. The van der Waals surface area contributed by atoms with Gasteiger partial charge >= 0.3 is 0 Å². The number of hydrogen-bond acceptors (Lipinski definition) is 2. The molecular formula is C13H21NO. The third-order valence-corrected chi connectivity index (χ3v) is 2.40. The van der Waals surface area contributed by atoms with Crippen LogP contribution in [0.25, 0.3) is 0 Å². The van der Waals surface area contributed by atoms with Gasteiger partial charge in [-0.05, 0) is 36.6 Å². The van der Waals surface area contributed by atoms with Gasteiger partial charge in [0.1, 0.15) is 5.75 Å². The van der Waals surface area contributed by atoms with Gasteiger partial charge in [0, 0.05) is 6.04 Å². The quantitative estimate of drug-likeness (QED) is 0.777. The minimum Gasteiger partial charge on any atom is -0.508 e. The van der Waals surface area contributed by atoms with E-state index in [0.29, 0.717) is 17.7 Å². The molecule has 84 valence electrons. The number of aromatic hydroxyl groups is 1. The highest BCUT2D eigenvalue weighted by Crippen LogP contribution is 2.13. The summed E-state index contributed by atoms with van der Waals surface area (Å²) in [5, 5.41) is 12.6. The number of rotatable bonds is 5. The van der Waals surface area contributed by atoms with Gasteiger partial charge in [0.2, 0.25) is 0 Å². The Kier molecular flexibility index (Phi) is 4.63. The molecule has 1 atom stereocenters. The maximum absolute atomic E-state index is 9.15. The lowest BCUT2D eigenvalue weighted by Crippen LogP contribution is -2.28. The molecular weight excluding hydrogens is 186 g/mol. The molecule has 15 heavy (non-hydrogen) atoms. The molecule has 2 nitrogen and oxygen atoms in total. The van der Waals surface area contributed by atoms with E-state index >= 15 is 0 Å². The fraction of sp³-hybridized carbons (Fsp3) is 0.538. The first-order valence-corrected chi connectivity index (χ1v) is 5.59. The molecule has 1 unspecified atom stereocenters. The molecule has 2 N–H and O–H groups in total. The van der Waals surface area contributed by atoms with E-state index in [1.54, 1.807) is 12.1 Å². The summed E-state index contributed by atoms with van der Waals surface area (Å²) >= 11 is 0. The normalized spacial score (nSPS) is 13.1. The van der Waals surface area contributed by atoms with Gasteiger partial charge in [-0.1, -0.05) is 32.9 Å².